The van der Waals surface area contributed by atoms with E-state index in [1.54, 1.807) is 12.3 Å². The largest absolute Gasteiger partial charge is 0.506 e. The Kier molecular flexibility index (Phi) is 5.00. The summed E-state index contributed by atoms with van der Waals surface area (Å²) in [4.78, 5) is 21.3. The Balaban J connectivity index is 2.03. The zero-order valence-electron chi connectivity index (χ0n) is 13.8. The number of carbonyl (C=O) groups is 1. The molecule has 5 nitrogen and oxygen atoms in total. The molecule has 0 atom stereocenters. The van der Waals surface area contributed by atoms with E-state index in [1.807, 2.05) is 49.4 Å². The molecule has 0 fully saturated rings. The molecule has 0 aliphatic carbocycles. The number of hydrogen-bond acceptors (Lipinski definition) is 6. The van der Waals surface area contributed by atoms with Gasteiger partial charge >= 0.3 is 5.97 Å². The lowest BCUT2D eigenvalue weighted by atomic mass is 10.2. The van der Waals surface area contributed by atoms with Crippen molar-refractivity contribution >= 4 is 34.5 Å². The summed E-state index contributed by atoms with van der Waals surface area (Å²) in [6, 6.07) is 13.1. The summed E-state index contributed by atoms with van der Waals surface area (Å²) in [5.74, 6) is -0.770. The Morgan fingerprint density at radius 1 is 1.24 bits per heavy atom. The summed E-state index contributed by atoms with van der Waals surface area (Å²) in [7, 11) is 1.28. The first-order chi connectivity index (χ1) is 12.1. The number of aliphatic imine (C=N–C) groups is 1. The fourth-order valence-corrected chi connectivity index (χ4v) is 3.24. The predicted molar refractivity (Wildman–Crippen MR) is 99.7 cm³/mol. The Morgan fingerprint density at radius 2 is 2.00 bits per heavy atom. The average molecular weight is 352 g/mol. The van der Waals surface area contributed by atoms with Gasteiger partial charge in [0.1, 0.15) is 16.4 Å². The number of ether oxygens (including phenoxy) is 1. The van der Waals surface area contributed by atoms with Crippen molar-refractivity contribution in [2.24, 2.45) is 4.99 Å². The van der Waals surface area contributed by atoms with Crippen molar-refractivity contribution in [2.45, 2.75) is 6.92 Å². The smallest absolute Gasteiger partial charge is 0.344 e. The fourth-order valence-electron chi connectivity index (χ4n) is 2.22. The van der Waals surface area contributed by atoms with Gasteiger partial charge in [-0.2, -0.15) is 0 Å². The standard InChI is InChI=1S/C19H16N2O3S/c1-12-6-8-13(9-7-12)21-18-16(19(23)24-2)17(22)15(25-18)11-14-5-3-4-10-20-14/h3-11,22H,1-2H3/b15-11+,21-18?. The zero-order valence-corrected chi connectivity index (χ0v) is 14.6. The molecule has 1 aliphatic rings. The van der Waals surface area contributed by atoms with Crippen molar-refractivity contribution in [3.05, 3.63) is 76.2 Å². The van der Waals surface area contributed by atoms with Crippen LogP contribution in [0.5, 0.6) is 0 Å². The first-order valence-corrected chi connectivity index (χ1v) is 8.38. The number of thioether (sulfide) groups is 1. The molecule has 0 saturated heterocycles. The normalized spacial score (nSPS) is 17.4. The van der Waals surface area contributed by atoms with Crippen LogP contribution in [0.15, 0.2) is 69.9 Å². The monoisotopic (exact) mass is 352 g/mol. The average Bonchev–Trinajstić information content (AvgIpc) is 2.92. The summed E-state index contributed by atoms with van der Waals surface area (Å²) in [6.45, 7) is 1.99. The summed E-state index contributed by atoms with van der Waals surface area (Å²) < 4.78 is 4.80. The number of aliphatic hydroxyl groups excluding tert-OH is 1. The Morgan fingerprint density at radius 3 is 2.64 bits per heavy atom. The van der Waals surface area contributed by atoms with E-state index < -0.39 is 5.97 Å². The van der Waals surface area contributed by atoms with E-state index in [2.05, 4.69) is 9.98 Å². The molecule has 0 amide bonds. The molecule has 2 aromatic rings. The van der Waals surface area contributed by atoms with Crippen molar-refractivity contribution in [3.63, 3.8) is 0 Å². The molecule has 1 aromatic heterocycles. The first-order valence-electron chi connectivity index (χ1n) is 7.56. The maximum absolute atomic E-state index is 12.1. The third-order valence-corrected chi connectivity index (χ3v) is 4.53. The van der Waals surface area contributed by atoms with Gasteiger partial charge in [0.2, 0.25) is 0 Å². The van der Waals surface area contributed by atoms with E-state index in [9.17, 15) is 9.90 Å². The molecule has 1 aromatic carbocycles. The molecule has 3 rings (SSSR count). The molecule has 0 saturated carbocycles. The summed E-state index contributed by atoms with van der Waals surface area (Å²) in [5.41, 5.74) is 2.55. The number of aromatic nitrogens is 1. The third kappa shape index (κ3) is 3.80. The quantitative estimate of drug-likeness (QED) is 0.839. The van der Waals surface area contributed by atoms with Crippen molar-refractivity contribution < 1.29 is 14.6 Å². The van der Waals surface area contributed by atoms with E-state index in [0.717, 1.165) is 5.56 Å². The van der Waals surface area contributed by atoms with Gasteiger partial charge < -0.3 is 9.84 Å². The highest BCUT2D eigenvalue weighted by atomic mass is 32.2. The van der Waals surface area contributed by atoms with E-state index in [4.69, 9.17) is 4.74 Å². The number of esters is 1. The van der Waals surface area contributed by atoms with Crippen molar-refractivity contribution in [3.8, 4) is 0 Å². The van der Waals surface area contributed by atoms with Crippen LogP contribution in [0.2, 0.25) is 0 Å². The predicted octanol–water partition coefficient (Wildman–Crippen LogP) is 4.19. The lowest BCUT2D eigenvalue weighted by molar-refractivity contribution is -0.135. The number of methoxy groups -OCH3 is 1. The minimum Gasteiger partial charge on any atom is -0.506 e. The number of rotatable bonds is 3. The highest BCUT2D eigenvalue weighted by Gasteiger charge is 2.33. The van der Waals surface area contributed by atoms with Crippen LogP contribution in [0.3, 0.4) is 0 Å². The second kappa shape index (κ2) is 7.36. The molecule has 1 N–H and O–H groups in total. The number of aliphatic hydroxyl groups is 1. The molecule has 0 bridgehead atoms. The number of aryl methyl sites for hydroxylation is 1. The number of hydrogen-bond donors (Lipinski definition) is 1. The molecule has 0 radical (unpaired) electrons. The molecular formula is C19H16N2O3S. The van der Waals surface area contributed by atoms with Gasteiger partial charge in [-0.3, -0.25) is 4.98 Å². The van der Waals surface area contributed by atoms with E-state index in [-0.39, 0.29) is 11.3 Å². The van der Waals surface area contributed by atoms with Gasteiger partial charge in [0.05, 0.1) is 23.4 Å². The fraction of sp³-hybridized carbons (Fsp3) is 0.105. The zero-order chi connectivity index (χ0) is 17.8. The maximum atomic E-state index is 12.1. The topological polar surface area (TPSA) is 71.8 Å². The second-order valence-electron chi connectivity index (χ2n) is 5.33. The number of pyridine rings is 1. The van der Waals surface area contributed by atoms with Gasteiger partial charge in [-0.15, -0.1) is 0 Å². The molecule has 2 heterocycles. The van der Waals surface area contributed by atoms with Gasteiger partial charge in [0.15, 0.2) is 0 Å². The highest BCUT2D eigenvalue weighted by molar-refractivity contribution is 8.18. The molecular weight excluding hydrogens is 336 g/mol. The van der Waals surface area contributed by atoms with Crippen LogP contribution in [0, 0.1) is 6.92 Å². The van der Waals surface area contributed by atoms with Crippen LogP contribution in [-0.2, 0) is 9.53 Å². The van der Waals surface area contributed by atoms with E-state index in [0.29, 0.717) is 21.3 Å². The lowest BCUT2D eigenvalue weighted by Gasteiger charge is -2.02. The van der Waals surface area contributed by atoms with Crippen LogP contribution in [-0.4, -0.2) is 28.2 Å². The Bertz CT molecular complexity index is 885. The molecule has 6 heteroatoms. The van der Waals surface area contributed by atoms with Gasteiger partial charge in [0.25, 0.3) is 0 Å². The van der Waals surface area contributed by atoms with Crippen LogP contribution >= 0.6 is 11.8 Å². The van der Waals surface area contributed by atoms with Crippen molar-refractivity contribution in [1.82, 2.24) is 4.98 Å². The number of carbonyl (C=O) groups excluding carboxylic acids is 1. The van der Waals surface area contributed by atoms with Gasteiger partial charge in [-0.05, 0) is 37.3 Å². The third-order valence-electron chi connectivity index (χ3n) is 3.51. The van der Waals surface area contributed by atoms with Crippen LogP contribution in [0.1, 0.15) is 11.3 Å². The molecule has 126 valence electrons. The summed E-state index contributed by atoms with van der Waals surface area (Å²) in [6.07, 6.45) is 3.37. The molecule has 0 unspecified atom stereocenters. The SMILES string of the molecule is COC(=O)C1=C(O)/C(=C\c2ccccn2)SC1=Nc1ccc(C)cc1. The Labute approximate surface area is 149 Å². The first kappa shape index (κ1) is 17.0. The number of nitrogens with zero attached hydrogens (tertiary/aromatic N) is 2. The number of benzene rings is 1. The summed E-state index contributed by atoms with van der Waals surface area (Å²) in [5, 5.41) is 10.9. The maximum Gasteiger partial charge on any atom is 0.344 e. The molecule has 1 aliphatic heterocycles. The highest BCUT2D eigenvalue weighted by Crippen LogP contribution is 2.39. The van der Waals surface area contributed by atoms with E-state index in [1.165, 1.54) is 18.9 Å². The van der Waals surface area contributed by atoms with Crippen LogP contribution in [0.25, 0.3) is 6.08 Å². The second-order valence-corrected chi connectivity index (χ2v) is 6.36. The van der Waals surface area contributed by atoms with Gasteiger partial charge in [-0.25, -0.2) is 9.79 Å². The molecule has 0 spiro atoms. The molecule has 25 heavy (non-hydrogen) atoms. The van der Waals surface area contributed by atoms with E-state index >= 15 is 0 Å². The van der Waals surface area contributed by atoms with Crippen molar-refractivity contribution in [1.29, 1.82) is 0 Å². The van der Waals surface area contributed by atoms with Gasteiger partial charge in [0, 0.05) is 6.20 Å². The Hall–Kier alpha value is -2.86. The van der Waals surface area contributed by atoms with Crippen LogP contribution in [0.4, 0.5) is 5.69 Å². The minimum atomic E-state index is -0.625. The lowest BCUT2D eigenvalue weighted by Crippen LogP contribution is -2.10. The minimum absolute atomic E-state index is 0.0651. The van der Waals surface area contributed by atoms with Crippen LogP contribution < -0.4 is 0 Å². The summed E-state index contributed by atoms with van der Waals surface area (Å²) >= 11 is 1.21. The van der Waals surface area contributed by atoms with Crippen molar-refractivity contribution in [2.75, 3.05) is 7.11 Å². The van der Waals surface area contributed by atoms with Gasteiger partial charge in [-0.1, -0.05) is 35.5 Å².